The highest BCUT2D eigenvalue weighted by Crippen LogP contribution is 2.24. The molecule has 0 atom stereocenters. The fourth-order valence-corrected chi connectivity index (χ4v) is 2.19. The molecule has 3 nitrogen and oxygen atoms in total. The zero-order valence-electron chi connectivity index (χ0n) is 10.5. The van der Waals surface area contributed by atoms with E-state index in [0.29, 0.717) is 17.4 Å². The maximum absolute atomic E-state index is 6.04. The van der Waals surface area contributed by atoms with Crippen molar-refractivity contribution >= 4 is 22.6 Å². The Labute approximate surface area is 116 Å². The fourth-order valence-electron chi connectivity index (χ4n) is 2.00. The number of ether oxygens (including phenoxy) is 1. The first kappa shape index (κ1) is 12.1. The number of aromatic nitrogens is 2. The summed E-state index contributed by atoms with van der Waals surface area (Å²) in [5.74, 6) is 1.46. The molecular weight excluding hydrogens is 260 g/mol. The van der Waals surface area contributed by atoms with Crippen molar-refractivity contribution in [3.63, 3.8) is 0 Å². The number of hydrogen-bond donors (Lipinski definition) is 1. The van der Waals surface area contributed by atoms with Gasteiger partial charge in [0.05, 0.1) is 16.1 Å². The van der Waals surface area contributed by atoms with Gasteiger partial charge in [0, 0.05) is 0 Å². The zero-order valence-corrected chi connectivity index (χ0v) is 11.2. The normalized spacial score (nSPS) is 10.8. The molecular formula is C15H13ClN2O. The van der Waals surface area contributed by atoms with Crippen LogP contribution in [-0.4, -0.2) is 9.97 Å². The molecule has 1 heterocycles. The summed E-state index contributed by atoms with van der Waals surface area (Å²) >= 11 is 6.04. The summed E-state index contributed by atoms with van der Waals surface area (Å²) in [6.07, 6.45) is 0. The molecule has 0 fully saturated rings. The predicted octanol–water partition coefficient (Wildman–Crippen LogP) is 4.10. The van der Waals surface area contributed by atoms with Gasteiger partial charge in [-0.1, -0.05) is 35.9 Å². The predicted molar refractivity (Wildman–Crippen MR) is 76.6 cm³/mol. The van der Waals surface area contributed by atoms with Crippen LogP contribution in [0.2, 0.25) is 5.02 Å². The van der Waals surface area contributed by atoms with E-state index >= 15 is 0 Å². The smallest absolute Gasteiger partial charge is 0.146 e. The number of halogens is 1. The summed E-state index contributed by atoms with van der Waals surface area (Å²) in [5, 5.41) is 0.606. The van der Waals surface area contributed by atoms with E-state index in [1.807, 2.05) is 43.3 Å². The third-order valence-electron chi connectivity index (χ3n) is 2.96. The largest absolute Gasteiger partial charge is 0.484 e. The number of nitrogens with one attached hydrogen (secondary N) is 1. The molecule has 1 N–H and O–H groups in total. The summed E-state index contributed by atoms with van der Waals surface area (Å²) in [7, 11) is 0. The van der Waals surface area contributed by atoms with Crippen molar-refractivity contribution in [1.82, 2.24) is 9.97 Å². The Bertz CT molecular complexity index is 721. The second-order valence-electron chi connectivity index (χ2n) is 4.37. The monoisotopic (exact) mass is 272 g/mol. The zero-order chi connectivity index (χ0) is 13.2. The molecule has 19 heavy (non-hydrogen) atoms. The summed E-state index contributed by atoms with van der Waals surface area (Å²) in [6.45, 7) is 2.42. The van der Waals surface area contributed by atoms with Crippen LogP contribution in [0.25, 0.3) is 11.0 Å². The van der Waals surface area contributed by atoms with Crippen LogP contribution in [0.4, 0.5) is 0 Å². The van der Waals surface area contributed by atoms with Gasteiger partial charge in [0.25, 0.3) is 0 Å². The number of imidazole rings is 1. The van der Waals surface area contributed by atoms with Crippen LogP contribution in [0.3, 0.4) is 0 Å². The highest BCUT2D eigenvalue weighted by Gasteiger charge is 2.06. The minimum atomic E-state index is 0.373. The van der Waals surface area contributed by atoms with Gasteiger partial charge in [-0.3, -0.25) is 0 Å². The highest BCUT2D eigenvalue weighted by atomic mass is 35.5. The number of benzene rings is 2. The Morgan fingerprint density at radius 3 is 2.79 bits per heavy atom. The Morgan fingerprint density at radius 2 is 2.00 bits per heavy atom. The van der Waals surface area contributed by atoms with E-state index in [1.54, 1.807) is 6.07 Å². The molecule has 0 aliphatic carbocycles. The van der Waals surface area contributed by atoms with E-state index in [9.17, 15) is 0 Å². The van der Waals surface area contributed by atoms with Gasteiger partial charge in [-0.2, -0.15) is 0 Å². The Kier molecular flexibility index (Phi) is 3.13. The second kappa shape index (κ2) is 4.94. The van der Waals surface area contributed by atoms with Gasteiger partial charge < -0.3 is 9.72 Å². The number of fused-ring (bicyclic) bond motifs is 1. The van der Waals surface area contributed by atoms with Crippen LogP contribution in [0.15, 0.2) is 42.5 Å². The lowest BCUT2D eigenvalue weighted by Crippen LogP contribution is -1.97. The van der Waals surface area contributed by atoms with Crippen LogP contribution in [-0.2, 0) is 6.61 Å². The first-order chi connectivity index (χ1) is 9.24. The molecule has 0 aliphatic rings. The molecule has 96 valence electrons. The first-order valence-corrected chi connectivity index (χ1v) is 6.43. The van der Waals surface area contributed by atoms with Crippen LogP contribution in [0.5, 0.6) is 5.75 Å². The highest BCUT2D eigenvalue weighted by molar-refractivity contribution is 6.32. The van der Waals surface area contributed by atoms with Crippen molar-refractivity contribution in [1.29, 1.82) is 0 Å². The van der Waals surface area contributed by atoms with Crippen LogP contribution in [0, 0.1) is 6.92 Å². The fraction of sp³-hybridized carbons (Fsp3) is 0.133. The van der Waals surface area contributed by atoms with Crippen molar-refractivity contribution in [2.75, 3.05) is 0 Å². The minimum absolute atomic E-state index is 0.373. The van der Waals surface area contributed by atoms with Crippen molar-refractivity contribution < 1.29 is 4.74 Å². The van der Waals surface area contributed by atoms with Crippen LogP contribution < -0.4 is 4.74 Å². The summed E-state index contributed by atoms with van der Waals surface area (Å²) in [6, 6.07) is 13.5. The molecule has 4 heteroatoms. The van der Waals surface area contributed by atoms with E-state index < -0.39 is 0 Å². The van der Waals surface area contributed by atoms with Gasteiger partial charge in [-0.25, -0.2) is 4.98 Å². The molecule has 0 aliphatic heterocycles. The standard InChI is InChI=1S/C15H13ClN2O/c1-10-5-4-7-12-15(10)18-14(17-12)9-19-13-8-3-2-6-11(13)16/h2-8H,9H2,1H3,(H,17,18). The summed E-state index contributed by atoms with van der Waals surface area (Å²) in [4.78, 5) is 7.78. The van der Waals surface area contributed by atoms with Crippen molar-refractivity contribution in [2.45, 2.75) is 13.5 Å². The lowest BCUT2D eigenvalue weighted by molar-refractivity contribution is 0.297. The number of rotatable bonds is 3. The molecule has 0 saturated heterocycles. The van der Waals surface area contributed by atoms with Crippen molar-refractivity contribution in [2.24, 2.45) is 0 Å². The van der Waals surface area contributed by atoms with E-state index in [1.165, 1.54) is 0 Å². The molecule has 0 saturated carbocycles. The van der Waals surface area contributed by atoms with Crippen LogP contribution in [0.1, 0.15) is 11.4 Å². The van der Waals surface area contributed by atoms with E-state index in [2.05, 4.69) is 9.97 Å². The molecule has 0 unspecified atom stereocenters. The molecule has 3 rings (SSSR count). The number of nitrogens with zero attached hydrogens (tertiary/aromatic N) is 1. The number of aryl methyl sites for hydroxylation is 1. The molecule has 3 aromatic rings. The third kappa shape index (κ3) is 2.42. The van der Waals surface area contributed by atoms with Crippen molar-refractivity contribution in [3.05, 3.63) is 58.9 Å². The molecule has 0 bridgehead atoms. The molecule has 0 radical (unpaired) electrons. The van der Waals surface area contributed by atoms with Gasteiger partial charge in [0.2, 0.25) is 0 Å². The Balaban J connectivity index is 1.83. The van der Waals surface area contributed by atoms with E-state index in [4.69, 9.17) is 16.3 Å². The maximum Gasteiger partial charge on any atom is 0.146 e. The molecule has 0 spiro atoms. The minimum Gasteiger partial charge on any atom is -0.484 e. The summed E-state index contributed by atoms with van der Waals surface area (Å²) < 4.78 is 5.67. The van der Waals surface area contributed by atoms with Gasteiger partial charge in [0.15, 0.2) is 0 Å². The quantitative estimate of drug-likeness (QED) is 0.779. The average Bonchev–Trinajstić information content (AvgIpc) is 2.82. The number of aromatic amines is 1. The second-order valence-corrected chi connectivity index (χ2v) is 4.78. The first-order valence-electron chi connectivity index (χ1n) is 6.05. The third-order valence-corrected chi connectivity index (χ3v) is 3.28. The molecule has 1 aromatic heterocycles. The molecule has 0 amide bonds. The van der Waals surface area contributed by atoms with Crippen molar-refractivity contribution in [3.8, 4) is 5.75 Å². The Morgan fingerprint density at radius 1 is 1.16 bits per heavy atom. The van der Waals surface area contributed by atoms with Gasteiger partial charge in [-0.05, 0) is 30.7 Å². The topological polar surface area (TPSA) is 37.9 Å². The number of hydrogen-bond acceptors (Lipinski definition) is 2. The summed E-state index contributed by atoms with van der Waals surface area (Å²) in [5.41, 5.74) is 3.16. The number of para-hydroxylation sites is 2. The SMILES string of the molecule is Cc1cccc2[nH]c(COc3ccccc3Cl)nc12. The molecule has 2 aromatic carbocycles. The number of H-pyrrole nitrogens is 1. The van der Waals surface area contributed by atoms with E-state index in [0.717, 1.165) is 22.4 Å². The van der Waals surface area contributed by atoms with Crippen LogP contribution >= 0.6 is 11.6 Å². The lowest BCUT2D eigenvalue weighted by atomic mass is 10.2. The van der Waals surface area contributed by atoms with Gasteiger partial charge in [0.1, 0.15) is 18.2 Å². The van der Waals surface area contributed by atoms with E-state index in [-0.39, 0.29) is 0 Å². The maximum atomic E-state index is 6.04. The van der Waals surface area contributed by atoms with Gasteiger partial charge in [-0.15, -0.1) is 0 Å². The average molecular weight is 273 g/mol. The Hall–Kier alpha value is -2.00. The van der Waals surface area contributed by atoms with Gasteiger partial charge >= 0.3 is 0 Å². The lowest BCUT2D eigenvalue weighted by Gasteiger charge is -2.05.